The van der Waals surface area contributed by atoms with Crippen LogP contribution < -0.4 is 0 Å². The molecule has 0 amide bonds. The van der Waals surface area contributed by atoms with Crippen molar-refractivity contribution in [3.8, 4) is 0 Å². The van der Waals surface area contributed by atoms with Gasteiger partial charge in [-0.05, 0) is 18.6 Å². The predicted octanol–water partition coefficient (Wildman–Crippen LogP) is 10.5. The zero-order valence-corrected chi connectivity index (χ0v) is 24.5. The highest BCUT2D eigenvalue weighted by Crippen LogP contribution is 2.14. The first-order valence-corrected chi connectivity index (χ1v) is 16.8. The quantitative estimate of drug-likeness (QED) is 0.0994. The summed E-state index contributed by atoms with van der Waals surface area (Å²) in [5.74, 6) is 2.02. The van der Waals surface area contributed by atoms with E-state index in [2.05, 4.69) is 13.8 Å². The van der Waals surface area contributed by atoms with Crippen LogP contribution in [0.1, 0.15) is 168 Å². The molecule has 0 aromatic heterocycles. The summed E-state index contributed by atoms with van der Waals surface area (Å²) >= 11 is 1.90. The van der Waals surface area contributed by atoms with Gasteiger partial charge in [0.05, 0.1) is 12.7 Å². The Morgan fingerprint density at radius 3 is 1.26 bits per heavy atom. The summed E-state index contributed by atoms with van der Waals surface area (Å²) in [6, 6.07) is 0. The lowest BCUT2D eigenvalue weighted by Crippen LogP contribution is -2.18. The third-order valence-electron chi connectivity index (χ3n) is 6.90. The van der Waals surface area contributed by atoms with Gasteiger partial charge in [0.15, 0.2) is 0 Å². The van der Waals surface area contributed by atoms with E-state index in [0.29, 0.717) is 6.61 Å². The van der Waals surface area contributed by atoms with Crippen molar-refractivity contribution in [2.75, 3.05) is 24.7 Å². The lowest BCUT2D eigenvalue weighted by molar-refractivity contribution is 0.0467. The number of rotatable bonds is 30. The van der Waals surface area contributed by atoms with Crippen LogP contribution in [0, 0.1) is 0 Å². The Balaban J connectivity index is 3.13. The van der Waals surface area contributed by atoms with Gasteiger partial charge in [-0.15, -0.1) is 0 Å². The van der Waals surface area contributed by atoms with Gasteiger partial charge in [0.1, 0.15) is 0 Å². The van der Waals surface area contributed by atoms with Gasteiger partial charge in [0, 0.05) is 12.4 Å². The van der Waals surface area contributed by atoms with Crippen LogP contribution >= 0.6 is 11.8 Å². The van der Waals surface area contributed by atoms with Crippen LogP contribution in [0.25, 0.3) is 0 Å². The average Bonchev–Trinajstić information content (AvgIpc) is 2.84. The molecule has 0 aromatic carbocycles. The first kappa shape index (κ1) is 34.3. The van der Waals surface area contributed by atoms with E-state index >= 15 is 0 Å². The summed E-state index contributed by atoms with van der Waals surface area (Å²) in [6.45, 7) is 5.91. The van der Waals surface area contributed by atoms with Crippen LogP contribution in [0.5, 0.6) is 0 Å². The Bertz CT molecular complexity index is 350. The topological polar surface area (TPSA) is 29.5 Å². The maximum atomic E-state index is 10.1. The molecular formula is C31H64O2S. The monoisotopic (exact) mass is 500 g/mol. The van der Waals surface area contributed by atoms with E-state index in [1.165, 1.54) is 153 Å². The van der Waals surface area contributed by atoms with E-state index in [4.69, 9.17) is 4.74 Å². The zero-order valence-electron chi connectivity index (χ0n) is 23.6. The molecule has 0 spiro atoms. The number of unbranched alkanes of at least 4 members (excludes halogenated alkanes) is 22. The second kappa shape index (κ2) is 31.3. The van der Waals surface area contributed by atoms with Crippen molar-refractivity contribution in [1.29, 1.82) is 0 Å². The SMILES string of the molecule is CCCCCCCCCCCCCCCCOCC(O)CSCCCCCCCCCCCC. The molecule has 0 fully saturated rings. The lowest BCUT2D eigenvalue weighted by Gasteiger charge is -2.11. The van der Waals surface area contributed by atoms with E-state index in [1.54, 1.807) is 0 Å². The molecule has 1 unspecified atom stereocenters. The number of aliphatic hydroxyl groups excluding tert-OH is 1. The third-order valence-corrected chi connectivity index (χ3v) is 8.10. The van der Waals surface area contributed by atoms with Gasteiger partial charge in [-0.2, -0.15) is 11.8 Å². The van der Waals surface area contributed by atoms with Crippen molar-refractivity contribution in [1.82, 2.24) is 0 Å². The summed E-state index contributed by atoms with van der Waals surface area (Å²) in [6.07, 6.45) is 33.1. The number of ether oxygens (including phenoxy) is 1. The maximum absolute atomic E-state index is 10.1. The molecule has 3 heteroatoms. The smallest absolute Gasteiger partial charge is 0.0863 e. The van der Waals surface area contributed by atoms with Crippen molar-refractivity contribution >= 4 is 11.8 Å². The molecule has 0 aliphatic rings. The Labute approximate surface area is 220 Å². The van der Waals surface area contributed by atoms with Crippen molar-refractivity contribution in [3.05, 3.63) is 0 Å². The molecular weight excluding hydrogens is 436 g/mol. The van der Waals surface area contributed by atoms with Crippen LogP contribution in [0.4, 0.5) is 0 Å². The summed E-state index contributed by atoms with van der Waals surface area (Å²) in [5, 5.41) is 10.1. The second-order valence-corrected chi connectivity index (χ2v) is 11.7. The average molecular weight is 501 g/mol. The molecule has 1 N–H and O–H groups in total. The molecule has 0 aliphatic carbocycles. The highest BCUT2D eigenvalue weighted by atomic mass is 32.2. The lowest BCUT2D eigenvalue weighted by atomic mass is 10.0. The first-order valence-electron chi connectivity index (χ1n) is 15.6. The van der Waals surface area contributed by atoms with Gasteiger partial charge in [-0.1, -0.05) is 155 Å². The van der Waals surface area contributed by atoms with Crippen LogP contribution in [0.15, 0.2) is 0 Å². The van der Waals surface area contributed by atoms with Gasteiger partial charge in [-0.25, -0.2) is 0 Å². The Hall–Kier alpha value is 0.270. The Morgan fingerprint density at radius 2 is 0.853 bits per heavy atom. The van der Waals surface area contributed by atoms with E-state index in [1.807, 2.05) is 11.8 Å². The van der Waals surface area contributed by atoms with E-state index in [9.17, 15) is 5.11 Å². The van der Waals surface area contributed by atoms with E-state index < -0.39 is 0 Å². The van der Waals surface area contributed by atoms with Crippen LogP contribution in [0.3, 0.4) is 0 Å². The summed E-state index contributed by atoms with van der Waals surface area (Å²) < 4.78 is 5.70. The largest absolute Gasteiger partial charge is 0.390 e. The molecule has 1 atom stereocenters. The molecule has 0 saturated carbocycles. The number of thioether (sulfide) groups is 1. The number of hydrogen-bond donors (Lipinski definition) is 1. The standard InChI is InChI=1S/C31H64O2S/c1-3-5-7-9-11-13-15-16-17-18-19-21-23-25-27-33-29-31(32)30-34-28-26-24-22-20-14-12-10-8-6-4-2/h31-32H,3-30H2,1-2H3. The van der Waals surface area contributed by atoms with Gasteiger partial charge in [-0.3, -0.25) is 0 Å². The van der Waals surface area contributed by atoms with Gasteiger partial charge < -0.3 is 9.84 Å². The minimum absolute atomic E-state index is 0.292. The van der Waals surface area contributed by atoms with E-state index in [-0.39, 0.29) is 6.10 Å². The van der Waals surface area contributed by atoms with Gasteiger partial charge in [0.2, 0.25) is 0 Å². The molecule has 0 saturated heterocycles. The van der Waals surface area contributed by atoms with Crippen molar-refractivity contribution in [2.45, 2.75) is 174 Å². The molecule has 0 radical (unpaired) electrons. The van der Waals surface area contributed by atoms with Crippen LogP contribution in [-0.4, -0.2) is 35.9 Å². The number of hydrogen-bond acceptors (Lipinski definition) is 3. The molecule has 206 valence electrons. The third kappa shape index (κ3) is 30.3. The highest BCUT2D eigenvalue weighted by Gasteiger charge is 2.04. The summed E-state index contributed by atoms with van der Waals surface area (Å²) in [5.41, 5.74) is 0. The summed E-state index contributed by atoms with van der Waals surface area (Å²) in [7, 11) is 0. The van der Waals surface area contributed by atoms with Crippen LogP contribution in [0.2, 0.25) is 0 Å². The molecule has 0 aliphatic heterocycles. The van der Waals surface area contributed by atoms with Crippen molar-refractivity contribution in [2.24, 2.45) is 0 Å². The van der Waals surface area contributed by atoms with Crippen molar-refractivity contribution < 1.29 is 9.84 Å². The van der Waals surface area contributed by atoms with Gasteiger partial charge in [0.25, 0.3) is 0 Å². The fourth-order valence-electron chi connectivity index (χ4n) is 4.58. The maximum Gasteiger partial charge on any atom is 0.0863 e. The molecule has 0 aromatic rings. The number of aliphatic hydroxyl groups is 1. The Morgan fingerprint density at radius 1 is 0.500 bits per heavy atom. The molecule has 34 heavy (non-hydrogen) atoms. The molecule has 0 bridgehead atoms. The van der Waals surface area contributed by atoms with Crippen molar-refractivity contribution in [3.63, 3.8) is 0 Å². The first-order chi connectivity index (χ1) is 16.8. The van der Waals surface area contributed by atoms with Crippen LogP contribution in [-0.2, 0) is 4.74 Å². The second-order valence-electron chi connectivity index (χ2n) is 10.6. The molecule has 0 rings (SSSR count). The fraction of sp³-hybridized carbons (Fsp3) is 1.00. The normalized spacial score (nSPS) is 12.4. The fourth-order valence-corrected chi connectivity index (χ4v) is 5.52. The molecule has 0 heterocycles. The highest BCUT2D eigenvalue weighted by molar-refractivity contribution is 7.99. The molecule has 2 nitrogen and oxygen atoms in total. The minimum Gasteiger partial charge on any atom is -0.390 e. The van der Waals surface area contributed by atoms with Gasteiger partial charge >= 0.3 is 0 Å². The zero-order chi connectivity index (χ0) is 24.8. The van der Waals surface area contributed by atoms with E-state index in [0.717, 1.165) is 18.8 Å². The minimum atomic E-state index is -0.292. The predicted molar refractivity (Wildman–Crippen MR) is 156 cm³/mol. The summed E-state index contributed by atoms with van der Waals surface area (Å²) in [4.78, 5) is 0. The Kier molecular flexibility index (Phi) is 31.5.